The fourth-order valence-electron chi connectivity index (χ4n) is 0. The predicted molar refractivity (Wildman–Crippen MR) is 17.6 cm³/mol. The van der Waals surface area contributed by atoms with Crippen LogP contribution in [0.4, 0.5) is 0 Å². The molecular weight excluding hydrogens is 426 g/mol. The van der Waals surface area contributed by atoms with Crippen LogP contribution in [0, 0.1) is 0 Å². The molecular formula is Cl6K3Mo. The Hall–Kier alpha value is 7.34. The topological polar surface area (TPSA) is 0 Å². The van der Waals surface area contributed by atoms with Gasteiger partial charge >= 0.3 is 197 Å². The first-order valence-electron chi connectivity index (χ1n) is 0.463. The summed E-state index contributed by atoms with van der Waals surface area (Å²) >= 11 is -1.94. The molecule has 0 fully saturated rings. The molecule has 0 rings (SSSR count). The summed E-state index contributed by atoms with van der Waals surface area (Å²) in [6, 6.07) is 0. The molecule has 0 aliphatic heterocycles. The Kier molecular flexibility index (Phi) is 156. The predicted octanol–water partition coefficient (Wildman–Crippen LogP) is -15.9. The molecule has 0 aromatic carbocycles. The van der Waals surface area contributed by atoms with Crippen LogP contribution in [0.5, 0.6) is 0 Å². The summed E-state index contributed by atoms with van der Waals surface area (Å²) in [6.07, 6.45) is 0. The fourth-order valence-corrected chi connectivity index (χ4v) is 0. The third-order valence-electron chi connectivity index (χ3n) is 0. The summed E-state index contributed by atoms with van der Waals surface area (Å²) < 4.78 is 0. The minimum absolute atomic E-state index is 0. The zero-order valence-electron chi connectivity index (χ0n) is 5.68. The second kappa shape index (κ2) is 36.0. The van der Waals surface area contributed by atoms with E-state index in [2.05, 4.69) is 0 Å². The van der Waals surface area contributed by atoms with Gasteiger partial charge < -0.3 is 37.2 Å². The molecule has 0 spiro atoms. The Balaban J connectivity index is -0.00000000300. The summed E-state index contributed by atoms with van der Waals surface area (Å²) in [5.41, 5.74) is 0. The molecule has 0 aliphatic rings. The van der Waals surface area contributed by atoms with Crippen molar-refractivity contribution in [1.82, 2.24) is 0 Å². The summed E-state index contributed by atoms with van der Waals surface area (Å²) in [5.74, 6) is 0. The maximum atomic E-state index is 4.98. The van der Waals surface area contributed by atoms with Crippen LogP contribution >= 0.6 is 28.3 Å². The van der Waals surface area contributed by atoms with E-state index in [0.717, 1.165) is 0 Å². The normalized spacial score (nSPS) is 3.60. The first-order chi connectivity index (χ1) is 1.73. The Bertz CT molecular complexity index is 17.7. The van der Waals surface area contributed by atoms with Gasteiger partial charge in [-0.3, -0.25) is 0 Å². The number of hydrogen-bond acceptors (Lipinski definition) is 0. The first-order valence-corrected chi connectivity index (χ1v) is 8.22. The molecule has 0 nitrogen and oxygen atoms in total. The Morgan fingerprint density at radius 3 is 0.600 bits per heavy atom. The average molecular weight is 426 g/mol. The zero-order chi connectivity index (χ0) is 3.58. The number of hydrogen-bond donors (Lipinski definition) is 0. The molecule has 0 bridgehead atoms. The SMILES string of the molecule is [Cl-].[Cl-].[Cl-].[Cl][Mo]([Cl])[Cl].[K+].[K+].[K+]. The molecule has 0 aromatic heterocycles. The van der Waals surface area contributed by atoms with Crippen molar-refractivity contribution in [3.8, 4) is 0 Å². The van der Waals surface area contributed by atoms with Crippen molar-refractivity contribution in [2.75, 3.05) is 0 Å². The minimum Gasteiger partial charge on any atom is 1.00 e. The van der Waals surface area contributed by atoms with Gasteiger partial charge in [0.05, 0.1) is 0 Å². The molecule has 0 atom stereocenters. The fraction of sp³-hybridized carbons (Fsp3) is 0. The first kappa shape index (κ1) is 43.3. The van der Waals surface area contributed by atoms with Crippen molar-refractivity contribution in [2.45, 2.75) is 0 Å². The van der Waals surface area contributed by atoms with Gasteiger partial charge in [0.15, 0.2) is 0 Å². The van der Waals surface area contributed by atoms with Gasteiger partial charge in [-0.25, -0.2) is 0 Å². The quantitative estimate of drug-likeness (QED) is 0.338. The van der Waals surface area contributed by atoms with Crippen LogP contribution in [0.25, 0.3) is 0 Å². The summed E-state index contributed by atoms with van der Waals surface area (Å²) in [4.78, 5) is 0. The second-order valence-electron chi connectivity index (χ2n) is 0.175. The maximum Gasteiger partial charge on any atom is 1.00 e. The van der Waals surface area contributed by atoms with Gasteiger partial charge in [-0.1, -0.05) is 0 Å². The molecule has 10 heteroatoms. The second-order valence-corrected chi connectivity index (χ2v) is 9.32. The largest absolute Gasteiger partial charge is 1.00 e. The van der Waals surface area contributed by atoms with E-state index >= 15 is 0 Å². The molecule has 0 saturated carbocycles. The van der Waals surface area contributed by atoms with Gasteiger partial charge in [0.25, 0.3) is 0 Å². The molecule has 0 aliphatic carbocycles. The summed E-state index contributed by atoms with van der Waals surface area (Å²) in [6.45, 7) is 0. The van der Waals surface area contributed by atoms with Crippen LogP contribution in [-0.2, 0) is 14.2 Å². The monoisotopic (exact) mass is 425 g/mol. The van der Waals surface area contributed by atoms with Gasteiger partial charge in [0.2, 0.25) is 0 Å². The maximum absolute atomic E-state index is 4.98. The van der Waals surface area contributed by atoms with Crippen molar-refractivity contribution >= 4 is 28.3 Å². The molecule has 10 heavy (non-hydrogen) atoms. The van der Waals surface area contributed by atoms with Crippen molar-refractivity contribution < 1.29 is 206 Å². The van der Waals surface area contributed by atoms with Crippen LogP contribution in [0.15, 0.2) is 0 Å². The molecule has 0 N–H and O–H groups in total. The summed E-state index contributed by atoms with van der Waals surface area (Å²) in [5, 5.41) is 0. The van der Waals surface area contributed by atoms with E-state index in [1.807, 2.05) is 0 Å². The van der Waals surface area contributed by atoms with E-state index in [-0.39, 0.29) is 191 Å². The summed E-state index contributed by atoms with van der Waals surface area (Å²) in [7, 11) is 14.9. The van der Waals surface area contributed by atoms with E-state index in [4.69, 9.17) is 28.3 Å². The van der Waals surface area contributed by atoms with Gasteiger partial charge in [0, 0.05) is 0 Å². The molecule has 0 amide bonds. The Morgan fingerprint density at radius 1 is 0.600 bits per heavy atom. The van der Waals surface area contributed by atoms with Crippen molar-refractivity contribution in [2.24, 2.45) is 0 Å². The van der Waals surface area contributed by atoms with E-state index < -0.39 is 14.2 Å². The van der Waals surface area contributed by atoms with Crippen LogP contribution < -0.4 is 191 Å². The molecule has 0 radical (unpaired) electrons. The van der Waals surface area contributed by atoms with E-state index in [0.29, 0.717) is 0 Å². The average Bonchev–Trinajstić information content (AvgIpc) is 0.811. The number of rotatable bonds is 0. The molecule has 0 unspecified atom stereocenters. The van der Waals surface area contributed by atoms with E-state index in [9.17, 15) is 0 Å². The minimum atomic E-state index is -1.94. The molecule has 51 valence electrons. The van der Waals surface area contributed by atoms with Gasteiger partial charge in [0.1, 0.15) is 0 Å². The zero-order valence-corrected chi connectivity index (χ0v) is 21.6. The molecule has 0 aromatic rings. The van der Waals surface area contributed by atoms with Gasteiger partial charge in [-0.15, -0.1) is 0 Å². The Morgan fingerprint density at radius 2 is 0.600 bits per heavy atom. The van der Waals surface area contributed by atoms with Gasteiger partial charge in [-0.2, -0.15) is 0 Å². The third-order valence-corrected chi connectivity index (χ3v) is 0. The van der Waals surface area contributed by atoms with E-state index in [1.54, 1.807) is 0 Å². The van der Waals surface area contributed by atoms with Crippen molar-refractivity contribution in [3.05, 3.63) is 0 Å². The van der Waals surface area contributed by atoms with Crippen LogP contribution in [0.2, 0.25) is 0 Å². The van der Waals surface area contributed by atoms with Crippen molar-refractivity contribution in [1.29, 1.82) is 0 Å². The number of halogens is 6. The standard InChI is InChI=1S/6ClH.3K.Mo/h6*1H;;;;/q;;;;;;3*+1;+3/p-6. The van der Waals surface area contributed by atoms with Crippen LogP contribution in [-0.4, -0.2) is 0 Å². The van der Waals surface area contributed by atoms with E-state index in [1.165, 1.54) is 0 Å². The molecule has 0 saturated heterocycles. The van der Waals surface area contributed by atoms with Crippen LogP contribution in [0.3, 0.4) is 0 Å². The Labute approximate surface area is 226 Å². The molecule has 0 heterocycles. The third kappa shape index (κ3) is 58.6. The van der Waals surface area contributed by atoms with Gasteiger partial charge in [-0.05, 0) is 0 Å². The van der Waals surface area contributed by atoms with Crippen molar-refractivity contribution in [3.63, 3.8) is 0 Å². The van der Waals surface area contributed by atoms with Crippen LogP contribution in [0.1, 0.15) is 0 Å². The smallest absolute Gasteiger partial charge is 1.00 e.